The first-order valence-corrected chi connectivity index (χ1v) is 25.2. The van der Waals surface area contributed by atoms with Crippen molar-refractivity contribution in [2.75, 3.05) is 14.2 Å². The highest BCUT2D eigenvalue weighted by molar-refractivity contribution is 5.82. The predicted molar refractivity (Wildman–Crippen MR) is 301 cm³/mol. The second kappa shape index (κ2) is 29.0. The van der Waals surface area contributed by atoms with E-state index in [0.29, 0.717) is 18.4 Å². The summed E-state index contributed by atoms with van der Waals surface area (Å²) in [5.74, 6) is -1.66. The van der Waals surface area contributed by atoms with Crippen LogP contribution < -0.4 is 22.2 Å². The van der Waals surface area contributed by atoms with Gasteiger partial charge in [-0.3, -0.25) is 33.9 Å². The number of carbonyl (C=O) groups excluding carboxylic acids is 3. The fourth-order valence-corrected chi connectivity index (χ4v) is 8.83. The third kappa shape index (κ3) is 17.3. The number of aliphatic carboxylic acids is 1. The van der Waals surface area contributed by atoms with Crippen LogP contribution >= 0.6 is 0 Å². The van der Waals surface area contributed by atoms with E-state index in [1.165, 1.54) is 40.5 Å². The monoisotopic (exact) mass is 1040 g/mol. The van der Waals surface area contributed by atoms with Crippen LogP contribution in [0, 0.1) is 67.2 Å². The lowest BCUT2D eigenvalue weighted by Gasteiger charge is -2.26. The number of carbonyl (C=O) groups is 4. The lowest BCUT2D eigenvalue weighted by atomic mass is 9.94. The predicted octanol–water partition coefficient (Wildman–Crippen LogP) is 10.9. The Morgan fingerprint density at radius 3 is 1.39 bits per heavy atom. The number of rotatable bonds is 17. The normalized spacial score (nSPS) is 12.4. The van der Waals surface area contributed by atoms with Crippen molar-refractivity contribution in [1.29, 1.82) is 0 Å². The minimum atomic E-state index is -0.955. The SMILES string of the molecule is C.COC(=O)CC(N)c1cncc(-c2c(C)cccc2C)c1.COC(=O)CC(NC(=O)C(CC(C)C)n1cc(C)c(C)cc1=O)c1cncc(-c2c(C)cccc2C)c1.Cc1cc(=O)n([C@@H](CC(C)C)C(=O)O)cc1C. The van der Waals surface area contributed by atoms with Gasteiger partial charge in [-0.2, -0.15) is 0 Å². The second-order valence-electron chi connectivity index (χ2n) is 20.2. The Kier molecular flexibility index (Phi) is 23.9. The number of carboxylic acid groups (broad SMARTS) is 1. The van der Waals surface area contributed by atoms with Gasteiger partial charge in [0.05, 0.1) is 33.1 Å². The molecule has 4 heterocycles. The standard InChI is InChI=1S/C30H37N3O4.C17H20N2O2.C13H19NO3.CH4/c1-18(2)11-26(33-17-22(6)21(5)12-27(33)34)30(36)32-25(14-28(35)37-7)23-13-24(16-31-15-23)29-19(3)9-8-10-20(29)4;1-11-5-4-6-12(2)17(11)14-7-13(9-19-10-14)15(18)8-16(20)21-3;1-8(2)5-11(13(16)17)14-7-10(4)9(3)6-12(14)15;/h8-10,12-13,15-18,25-26H,11,14H2,1-7H3,(H,32,36);4-7,9-10,15H,8,18H2,1-3H3;6-8,11H,5H2,1-4H3,(H,16,17);1H4/t;;11-;/m..0./s1. The van der Waals surface area contributed by atoms with Crippen LogP contribution in [0.3, 0.4) is 0 Å². The number of hydrogen-bond acceptors (Lipinski definition) is 11. The van der Waals surface area contributed by atoms with Crippen molar-refractivity contribution >= 4 is 23.8 Å². The van der Waals surface area contributed by atoms with Crippen molar-refractivity contribution in [1.82, 2.24) is 24.4 Å². The van der Waals surface area contributed by atoms with Gasteiger partial charge in [-0.05, 0) is 159 Å². The maximum atomic E-state index is 13.7. The van der Waals surface area contributed by atoms with Gasteiger partial charge >= 0.3 is 17.9 Å². The molecule has 4 aromatic heterocycles. The fraction of sp³-hybridized carbons (Fsp3) is 0.410. The molecule has 0 saturated carbocycles. The fourth-order valence-electron chi connectivity index (χ4n) is 8.83. The van der Waals surface area contributed by atoms with E-state index in [4.69, 9.17) is 10.5 Å². The van der Waals surface area contributed by atoms with Gasteiger partial charge in [0.25, 0.3) is 11.1 Å². The van der Waals surface area contributed by atoms with Crippen molar-refractivity contribution in [3.05, 3.63) is 174 Å². The van der Waals surface area contributed by atoms with Crippen molar-refractivity contribution in [2.24, 2.45) is 17.6 Å². The summed E-state index contributed by atoms with van der Waals surface area (Å²) >= 11 is 0. The summed E-state index contributed by atoms with van der Waals surface area (Å²) in [4.78, 5) is 82.0. The summed E-state index contributed by atoms with van der Waals surface area (Å²) in [6, 6.07) is 16.7. The van der Waals surface area contributed by atoms with Gasteiger partial charge in [0.2, 0.25) is 5.91 Å². The van der Waals surface area contributed by atoms with Crippen LogP contribution in [0.4, 0.5) is 0 Å². The Balaban J connectivity index is 0.000000329. The first-order chi connectivity index (χ1) is 35.4. The average Bonchev–Trinajstić information content (AvgIpc) is 3.35. The smallest absolute Gasteiger partial charge is 0.326 e. The average molecular weight is 1040 g/mol. The summed E-state index contributed by atoms with van der Waals surface area (Å²) in [6.07, 6.45) is 11.4. The molecule has 0 aliphatic carbocycles. The number of nitrogens with two attached hydrogens (primary N) is 1. The van der Waals surface area contributed by atoms with Gasteiger partial charge in [0, 0.05) is 66.5 Å². The Bertz CT molecular complexity index is 3040. The van der Waals surface area contributed by atoms with E-state index in [-0.39, 0.29) is 55.1 Å². The molecule has 4 atom stereocenters. The number of hydrogen-bond donors (Lipinski definition) is 3. The molecule has 4 N–H and O–H groups in total. The summed E-state index contributed by atoms with van der Waals surface area (Å²) in [7, 11) is 2.68. The molecular weight excluding hydrogens is 961 g/mol. The molecule has 0 aliphatic rings. The van der Waals surface area contributed by atoms with Crippen LogP contribution in [0.2, 0.25) is 0 Å². The topological polar surface area (TPSA) is 215 Å². The second-order valence-corrected chi connectivity index (χ2v) is 20.2. The van der Waals surface area contributed by atoms with Crippen LogP contribution in [0.1, 0.15) is 141 Å². The first-order valence-electron chi connectivity index (χ1n) is 25.2. The van der Waals surface area contributed by atoms with Crippen molar-refractivity contribution in [3.63, 3.8) is 0 Å². The van der Waals surface area contributed by atoms with Crippen LogP contribution in [0.15, 0.2) is 107 Å². The van der Waals surface area contributed by atoms with Crippen molar-refractivity contribution < 1.29 is 33.8 Å². The van der Waals surface area contributed by atoms with Crippen molar-refractivity contribution in [3.8, 4) is 22.3 Å². The van der Waals surface area contributed by atoms with E-state index in [0.717, 1.165) is 61.2 Å². The van der Waals surface area contributed by atoms with Crippen LogP contribution in [-0.2, 0) is 28.7 Å². The Hall–Kier alpha value is -7.52. The number of nitrogens with one attached hydrogen (secondary N) is 1. The molecule has 76 heavy (non-hydrogen) atoms. The summed E-state index contributed by atoms with van der Waals surface area (Å²) < 4.78 is 12.4. The highest BCUT2D eigenvalue weighted by atomic mass is 16.5. The summed E-state index contributed by atoms with van der Waals surface area (Å²) in [6.45, 7) is 23.7. The number of nitrogens with zero attached hydrogens (tertiary/aromatic N) is 4. The van der Waals surface area contributed by atoms with Gasteiger partial charge < -0.3 is 34.8 Å². The van der Waals surface area contributed by atoms with E-state index >= 15 is 0 Å². The molecule has 408 valence electrons. The quantitative estimate of drug-likeness (QED) is 0.0728. The van der Waals surface area contributed by atoms with E-state index in [1.54, 1.807) is 37.1 Å². The summed E-state index contributed by atoms with van der Waals surface area (Å²) in [5.41, 5.74) is 19.5. The molecule has 6 aromatic rings. The Morgan fingerprint density at radius 1 is 0.579 bits per heavy atom. The molecule has 15 heteroatoms. The number of aryl methyl sites for hydroxylation is 8. The molecule has 6 rings (SSSR count). The number of carboxylic acids is 1. The van der Waals surface area contributed by atoms with Gasteiger partial charge in [-0.25, -0.2) is 4.79 Å². The number of benzene rings is 2. The molecular formula is C61H80N6O9. The largest absolute Gasteiger partial charge is 0.480 e. The van der Waals surface area contributed by atoms with E-state index in [2.05, 4.69) is 46.0 Å². The number of aromatic nitrogens is 4. The highest BCUT2D eigenvalue weighted by Gasteiger charge is 2.28. The molecule has 0 aliphatic heterocycles. The third-order valence-corrected chi connectivity index (χ3v) is 13.2. The molecule has 0 radical (unpaired) electrons. The number of esters is 2. The summed E-state index contributed by atoms with van der Waals surface area (Å²) in [5, 5.41) is 12.2. The minimum Gasteiger partial charge on any atom is -0.480 e. The Labute approximate surface area is 448 Å². The van der Waals surface area contributed by atoms with E-state index < -0.39 is 36.1 Å². The van der Waals surface area contributed by atoms with E-state index in [1.807, 2.05) is 112 Å². The van der Waals surface area contributed by atoms with Gasteiger partial charge in [0.1, 0.15) is 12.1 Å². The van der Waals surface area contributed by atoms with Crippen LogP contribution in [0.25, 0.3) is 22.3 Å². The van der Waals surface area contributed by atoms with Crippen LogP contribution in [-0.4, -0.2) is 62.2 Å². The zero-order valence-corrected chi connectivity index (χ0v) is 46.1. The minimum absolute atomic E-state index is 0. The number of ether oxygens (including phenoxy) is 2. The third-order valence-electron chi connectivity index (χ3n) is 13.2. The number of methoxy groups -OCH3 is 2. The Morgan fingerprint density at radius 2 is 0.974 bits per heavy atom. The molecule has 0 bridgehead atoms. The molecule has 2 aromatic carbocycles. The van der Waals surface area contributed by atoms with Crippen molar-refractivity contribution in [2.45, 2.75) is 140 Å². The van der Waals surface area contributed by atoms with Gasteiger partial charge in [-0.15, -0.1) is 0 Å². The lowest BCUT2D eigenvalue weighted by molar-refractivity contribution is -0.142. The molecule has 0 saturated heterocycles. The van der Waals surface area contributed by atoms with Crippen LogP contribution in [0.5, 0.6) is 0 Å². The van der Waals surface area contributed by atoms with Gasteiger partial charge in [0.15, 0.2) is 0 Å². The first kappa shape index (κ1) is 62.8. The number of pyridine rings is 4. The molecule has 3 unspecified atom stereocenters. The molecule has 1 amide bonds. The molecule has 0 fully saturated rings. The van der Waals surface area contributed by atoms with Gasteiger partial charge in [-0.1, -0.05) is 71.5 Å². The molecule has 0 spiro atoms. The number of amides is 1. The highest BCUT2D eigenvalue weighted by Crippen LogP contribution is 2.31. The lowest BCUT2D eigenvalue weighted by Crippen LogP contribution is -2.40. The zero-order valence-electron chi connectivity index (χ0n) is 46.1. The maximum Gasteiger partial charge on any atom is 0.326 e. The molecule has 15 nitrogen and oxygen atoms in total. The maximum absolute atomic E-state index is 13.7. The van der Waals surface area contributed by atoms with E-state index in [9.17, 15) is 33.9 Å². The zero-order chi connectivity index (χ0) is 55.8.